The first kappa shape index (κ1) is 20.5. The maximum Gasteiger partial charge on any atom is 0.446 e. The molecule has 2 aromatic carbocycles. The molecular weight excluding hydrogens is 385 g/mol. The predicted octanol–water partition coefficient (Wildman–Crippen LogP) is 5.67. The molecule has 0 saturated heterocycles. The van der Waals surface area contributed by atoms with E-state index in [1.54, 1.807) is 18.2 Å². The molecule has 8 heteroatoms. The molecule has 140 valence electrons. The van der Waals surface area contributed by atoms with Gasteiger partial charge in [-0.1, -0.05) is 12.1 Å². The Labute approximate surface area is 157 Å². The van der Waals surface area contributed by atoms with E-state index in [4.69, 9.17) is 9.84 Å². The second-order valence-electron chi connectivity index (χ2n) is 5.55. The minimum atomic E-state index is -4.30. The summed E-state index contributed by atoms with van der Waals surface area (Å²) >= 11 is 1.39. The Kier molecular flexibility index (Phi) is 6.88. The number of benzene rings is 2. The largest absolute Gasteiger partial charge is 0.482 e. The topological polar surface area (TPSA) is 46.5 Å². The fraction of sp³-hybridized carbons (Fsp3) is 0.278. The molecule has 0 aliphatic heterocycles. The highest BCUT2D eigenvalue weighted by Gasteiger charge is 2.29. The van der Waals surface area contributed by atoms with Crippen LogP contribution in [0.15, 0.2) is 46.2 Å². The Morgan fingerprint density at radius 1 is 1.15 bits per heavy atom. The average Bonchev–Trinajstić information content (AvgIpc) is 2.52. The van der Waals surface area contributed by atoms with Gasteiger partial charge in [-0.25, -0.2) is 4.79 Å². The fourth-order valence-corrected chi connectivity index (χ4v) is 3.88. The molecule has 2 rings (SSSR count). The van der Waals surface area contributed by atoms with E-state index in [2.05, 4.69) is 0 Å². The van der Waals surface area contributed by atoms with Gasteiger partial charge in [0.05, 0.1) is 0 Å². The molecule has 2 aromatic rings. The van der Waals surface area contributed by atoms with Gasteiger partial charge >= 0.3 is 11.5 Å². The molecule has 0 saturated carbocycles. The van der Waals surface area contributed by atoms with E-state index < -0.39 is 18.1 Å². The molecule has 0 aliphatic carbocycles. The highest BCUT2D eigenvalue weighted by molar-refractivity contribution is 8.00. The van der Waals surface area contributed by atoms with Crippen LogP contribution >= 0.6 is 23.5 Å². The zero-order valence-corrected chi connectivity index (χ0v) is 15.7. The van der Waals surface area contributed by atoms with Crippen LogP contribution in [0.1, 0.15) is 16.7 Å². The van der Waals surface area contributed by atoms with Crippen LogP contribution in [0.2, 0.25) is 0 Å². The zero-order valence-electron chi connectivity index (χ0n) is 14.1. The number of aliphatic carboxylic acids is 1. The zero-order chi connectivity index (χ0) is 19.3. The molecular formula is C18H17F3O3S2. The van der Waals surface area contributed by atoms with E-state index in [0.29, 0.717) is 11.5 Å². The summed E-state index contributed by atoms with van der Waals surface area (Å²) in [6.07, 6.45) is 0. The third-order valence-corrected chi connectivity index (χ3v) is 5.30. The molecule has 0 atom stereocenters. The van der Waals surface area contributed by atoms with E-state index in [1.807, 2.05) is 19.9 Å². The number of carboxylic acids is 1. The Morgan fingerprint density at radius 3 is 2.54 bits per heavy atom. The first-order valence-corrected chi connectivity index (χ1v) is 9.37. The smallest absolute Gasteiger partial charge is 0.446 e. The van der Waals surface area contributed by atoms with Gasteiger partial charge in [-0.3, -0.25) is 0 Å². The van der Waals surface area contributed by atoms with Crippen molar-refractivity contribution in [3.05, 3.63) is 53.1 Å². The van der Waals surface area contributed by atoms with E-state index in [-0.39, 0.29) is 16.7 Å². The van der Waals surface area contributed by atoms with Crippen molar-refractivity contribution in [1.29, 1.82) is 0 Å². The van der Waals surface area contributed by atoms with Gasteiger partial charge in [0.1, 0.15) is 5.75 Å². The highest BCUT2D eigenvalue weighted by atomic mass is 32.2. The average molecular weight is 402 g/mol. The van der Waals surface area contributed by atoms with E-state index in [1.165, 1.54) is 23.9 Å². The van der Waals surface area contributed by atoms with Crippen molar-refractivity contribution in [2.24, 2.45) is 0 Å². The first-order valence-electron chi connectivity index (χ1n) is 7.57. The molecule has 1 N–H and O–H groups in total. The molecule has 0 unspecified atom stereocenters. The summed E-state index contributed by atoms with van der Waals surface area (Å²) in [5.74, 6) is -0.00284. The normalized spacial score (nSPS) is 11.4. The van der Waals surface area contributed by atoms with Crippen LogP contribution in [-0.2, 0) is 10.5 Å². The minimum absolute atomic E-state index is 0.122. The summed E-state index contributed by atoms with van der Waals surface area (Å²) in [5.41, 5.74) is -1.78. The number of halogens is 3. The maximum absolute atomic E-state index is 12.5. The van der Waals surface area contributed by atoms with Crippen molar-refractivity contribution in [3.8, 4) is 5.75 Å². The summed E-state index contributed by atoms with van der Waals surface area (Å²) in [7, 11) is 0. The second-order valence-corrected chi connectivity index (χ2v) is 7.71. The Bertz CT molecular complexity index is 792. The van der Waals surface area contributed by atoms with Crippen LogP contribution in [0.4, 0.5) is 13.2 Å². The van der Waals surface area contributed by atoms with E-state index in [0.717, 1.165) is 21.6 Å². The number of thioether (sulfide) groups is 2. The molecule has 0 bridgehead atoms. The van der Waals surface area contributed by atoms with Gasteiger partial charge in [-0.15, -0.1) is 11.8 Å². The second kappa shape index (κ2) is 8.73. The van der Waals surface area contributed by atoms with Crippen LogP contribution in [0.5, 0.6) is 5.75 Å². The number of hydrogen-bond donors (Lipinski definition) is 1. The Hall–Kier alpha value is -1.80. The van der Waals surface area contributed by atoms with Gasteiger partial charge in [-0.05, 0) is 66.6 Å². The first-order chi connectivity index (χ1) is 12.1. The minimum Gasteiger partial charge on any atom is -0.482 e. The van der Waals surface area contributed by atoms with Gasteiger partial charge in [0.25, 0.3) is 0 Å². The van der Waals surface area contributed by atoms with Crippen molar-refractivity contribution in [2.45, 2.75) is 34.9 Å². The molecule has 0 amide bonds. The maximum atomic E-state index is 12.5. The number of aryl methyl sites for hydroxylation is 2. The van der Waals surface area contributed by atoms with Crippen LogP contribution in [0.3, 0.4) is 0 Å². The summed E-state index contributed by atoms with van der Waals surface area (Å²) in [5, 5.41) is 8.69. The van der Waals surface area contributed by atoms with E-state index >= 15 is 0 Å². The van der Waals surface area contributed by atoms with Crippen molar-refractivity contribution >= 4 is 29.5 Å². The van der Waals surface area contributed by atoms with Crippen molar-refractivity contribution in [1.82, 2.24) is 0 Å². The van der Waals surface area contributed by atoms with Gasteiger partial charge in [-0.2, -0.15) is 13.2 Å². The number of ether oxygens (including phenoxy) is 1. The summed E-state index contributed by atoms with van der Waals surface area (Å²) in [4.78, 5) is 11.7. The number of carbonyl (C=O) groups is 1. The molecule has 0 radical (unpaired) electrons. The monoisotopic (exact) mass is 402 g/mol. The summed E-state index contributed by atoms with van der Waals surface area (Å²) in [6.45, 7) is 3.29. The van der Waals surface area contributed by atoms with Crippen LogP contribution in [0.25, 0.3) is 0 Å². The van der Waals surface area contributed by atoms with Crippen molar-refractivity contribution < 1.29 is 27.8 Å². The lowest BCUT2D eigenvalue weighted by molar-refractivity contribution is -0.139. The lowest BCUT2D eigenvalue weighted by Crippen LogP contribution is -2.10. The molecule has 0 spiro atoms. The quantitative estimate of drug-likeness (QED) is 0.605. The summed E-state index contributed by atoms with van der Waals surface area (Å²) in [6, 6.07) is 10.1. The third kappa shape index (κ3) is 6.49. The lowest BCUT2D eigenvalue weighted by atomic mass is 10.1. The predicted molar refractivity (Wildman–Crippen MR) is 97.0 cm³/mol. The van der Waals surface area contributed by atoms with Crippen LogP contribution < -0.4 is 4.74 Å². The Morgan fingerprint density at radius 2 is 1.88 bits per heavy atom. The standard InChI is InChI=1S/C18H17F3O3S2/c1-11-7-16(12(2)6-15(11)24-9-17(22)23)25-10-13-4-3-5-14(8-13)26-18(19,20)21/h3-8H,9-10H2,1-2H3,(H,22,23). The van der Waals surface area contributed by atoms with Gasteiger partial charge in [0.15, 0.2) is 6.61 Å². The molecule has 0 fully saturated rings. The van der Waals surface area contributed by atoms with Gasteiger partial charge in [0, 0.05) is 15.5 Å². The Balaban J connectivity index is 2.06. The molecule has 3 nitrogen and oxygen atoms in total. The van der Waals surface area contributed by atoms with E-state index in [9.17, 15) is 18.0 Å². The van der Waals surface area contributed by atoms with Crippen LogP contribution in [0, 0.1) is 13.8 Å². The molecule has 0 aromatic heterocycles. The number of hydrogen-bond acceptors (Lipinski definition) is 4. The molecule has 26 heavy (non-hydrogen) atoms. The van der Waals surface area contributed by atoms with Crippen molar-refractivity contribution in [2.75, 3.05) is 6.61 Å². The number of alkyl halides is 3. The SMILES string of the molecule is Cc1cc(SCc2cccc(SC(F)(F)F)c2)c(C)cc1OCC(=O)O. The van der Waals surface area contributed by atoms with Crippen LogP contribution in [-0.4, -0.2) is 23.2 Å². The third-order valence-electron chi connectivity index (χ3n) is 3.35. The molecule has 0 aliphatic rings. The summed E-state index contributed by atoms with van der Waals surface area (Å²) < 4.78 is 42.7. The lowest BCUT2D eigenvalue weighted by Gasteiger charge is -2.13. The highest BCUT2D eigenvalue weighted by Crippen LogP contribution is 2.38. The molecule has 0 heterocycles. The number of carboxylic acid groups (broad SMARTS) is 1. The fourth-order valence-electron chi connectivity index (χ4n) is 2.21. The number of rotatable bonds is 7. The van der Waals surface area contributed by atoms with Gasteiger partial charge in [0.2, 0.25) is 0 Å². The van der Waals surface area contributed by atoms with Crippen molar-refractivity contribution in [3.63, 3.8) is 0 Å². The van der Waals surface area contributed by atoms with Gasteiger partial charge < -0.3 is 9.84 Å².